The highest BCUT2D eigenvalue weighted by atomic mass is 16.5. The maximum atomic E-state index is 12.5. The summed E-state index contributed by atoms with van der Waals surface area (Å²) in [5.74, 6) is -0.233. The van der Waals surface area contributed by atoms with Crippen molar-refractivity contribution in [2.75, 3.05) is 14.2 Å². The van der Waals surface area contributed by atoms with Gasteiger partial charge in [-0.2, -0.15) is 0 Å². The number of phenolic OH excluding ortho intramolecular Hbond substituents is 2. The number of fused-ring (bicyclic) bond motifs is 2. The van der Waals surface area contributed by atoms with Gasteiger partial charge >= 0.3 is 0 Å². The lowest BCUT2D eigenvalue weighted by atomic mass is 10.1. The molecule has 108 valence electrons. The van der Waals surface area contributed by atoms with Crippen LogP contribution in [0.1, 0.15) is 0 Å². The van der Waals surface area contributed by atoms with Crippen LogP contribution in [0.3, 0.4) is 0 Å². The van der Waals surface area contributed by atoms with Crippen LogP contribution >= 0.6 is 0 Å². The van der Waals surface area contributed by atoms with Crippen molar-refractivity contribution in [3.05, 3.63) is 34.5 Å². The van der Waals surface area contributed by atoms with E-state index < -0.39 is 5.43 Å². The van der Waals surface area contributed by atoms with Crippen molar-refractivity contribution >= 4 is 21.9 Å². The van der Waals surface area contributed by atoms with Crippen molar-refractivity contribution < 1.29 is 24.1 Å². The maximum Gasteiger partial charge on any atom is 0.204 e. The Bertz CT molecular complexity index is 910. The Morgan fingerprint density at radius 2 is 1.90 bits per heavy atom. The first kappa shape index (κ1) is 13.1. The zero-order chi connectivity index (χ0) is 15.1. The summed E-state index contributed by atoms with van der Waals surface area (Å²) in [4.78, 5) is 12.5. The van der Waals surface area contributed by atoms with Crippen molar-refractivity contribution in [2.45, 2.75) is 0 Å². The number of hydrogen-bond acceptors (Lipinski definition) is 6. The zero-order valence-corrected chi connectivity index (χ0v) is 11.3. The van der Waals surface area contributed by atoms with Crippen LogP contribution in [0.2, 0.25) is 0 Å². The van der Waals surface area contributed by atoms with Crippen LogP contribution in [0.5, 0.6) is 23.0 Å². The summed E-state index contributed by atoms with van der Waals surface area (Å²) in [6.07, 6.45) is 0. The molecule has 0 amide bonds. The summed E-state index contributed by atoms with van der Waals surface area (Å²) in [5, 5.41) is 20.2. The van der Waals surface area contributed by atoms with E-state index in [0.29, 0.717) is 0 Å². The average molecular weight is 288 g/mol. The first-order valence-corrected chi connectivity index (χ1v) is 6.11. The molecule has 1 heterocycles. The molecule has 2 N–H and O–H groups in total. The molecule has 3 aromatic rings. The van der Waals surface area contributed by atoms with Gasteiger partial charge in [0.25, 0.3) is 0 Å². The molecule has 6 heteroatoms. The zero-order valence-electron chi connectivity index (χ0n) is 11.3. The Balaban J connectivity index is 2.58. The highest BCUT2D eigenvalue weighted by molar-refractivity contribution is 5.97. The number of hydrogen-bond donors (Lipinski definition) is 2. The molecule has 0 fully saturated rings. The smallest absolute Gasteiger partial charge is 0.204 e. The summed E-state index contributed by atoms with van der Waals surface area (Å²) in [7, 11) is 2.76. The molecule has 0 spiro atoms. The predicted molar refractivity (Wildman–Crippen MR) is 76.4 cm³/mol. The van der Waals surface area contributed by atoms with Gasteiger partial charge in [-0.05, 0) is 12.1 Å². The molecule has 0 bridgehead atoms. The molecule has 0 unspecified atom stereocenters. The number of aromatic hydroxyl groups is 2. The standard InChI is InChI=1S/C15H12O6/c1-19-10-6-9-11(13(18)15(10)20-2)12(17)7-4-3-5-8(16)14(7)21-9/h3-6,16,18H,1-2H3. The van der Waals surface area contributed by atoms with Crippen LogP contribution in [0.25, 0.3) is 21.9 Å². The lowest BCUT2D eigenvalue weighted by Gasteiger charge is -2.11. The topological polar surface area (TPSA) is 89.1 Å². The number of methoxy groups -OCH3 is 2. The fourth-order valence-corrected chi connectivity index (χ4v) is 2.31. The second-order valence-electron chi connectivity index (χ2n) is 4.42. The van der Waals surface area contributed by atoms with Gasteiger partial charge in [0.1, 0.15) is 11.0 Å². The molecule has 0 aliphatic rings. The van der Waals surface area contributed by atoms with Crippen molar-refractivity contribution in [3.63, 3.8) is 0 Å². The second-order valence-corrected chi connectivity index (χ2v) is 4.42. The fraction of sp³-hybridized carbons (Fsp3) is 0.133. The van der Waals surface area contributed by atoms with Crippen LogP contribution in [0, 0.1) is 0 Å². The number of ether oxygens (including phenoxy) is 2. The number of phenols is 2. The molecule has 0 atom stereocenters. The molecular weight excluding hydrogens is 276 g/mol. The van der Waals surface area contributed by atoms with Gasteiger partial charge in [0, 0.05) is 6.07 Å². The van der Waals surface area contributed by atoms with Gasteiger partial charge in [0.05, 0.1) is 19.6 Å². The van der Waals surface area contributed by atoms with Gasteiger partial charge in [-0.25, -0.2) is 0 Å². The lowest BCUT2D eigenvalue weighted by molar-refractivity contribution is 0.334. The Morgan fingerprint density at radius 3 is 2.57 bits per heavy atom. The highest BCUT2D eigenvalue weighted by Gasteiger charge is 2.20. The lowest BCUT2D eigenvalue weighted by Crippen LogP contribution is -2.04. The highest BCUT2D eigenvalue weighted by Crippen LogP contribution is 2.42. The van der Waals surface area contributed by atoms with Crippen LogP contribution < -0.4 is 14.9 Å². The van der Waals surface area contributed by atoms with E-state index in [1.807, 2.05) is 0 Å². The number of benzene rings is 2. The molecule has 1 aromatic heterocycles. The van der Waals surface area contributed by atoms with E-state index in [1.165, 1.54) is 38.5 Å². The van der Waals surface area contributed by atoms with Crippen molar-refractivity contribution in [1.82, 2.24) is 0 Å². The van der Waals surface area contributed by atoms with Gasteiger partial charge in [0.2, 0.25) is 11.2 Å². The first-order chi connectivity index (χ1) is 10.1. The maximum absolute atomic E-state index is 12.5. The fourth-order valence-electron chi connectivity index (χ4n) is 2.31. The van der Waals surface area contributed by atoms with E-state index in [9.17, 15) is 15.0 Å². The van der Waals surface area contributed by atoms with Crippen LogP contribution in [-0.4, -0.2) is 24.4 Å². The third-order valence-electron chi connectivity index (χ3n) is 3.29. The molecule has 0 saturated carbocycles. The molecule has 0 aliphatic heterocycles. The average Bonchev–Trinajstić information content (AvgIpc) is 2.48. The summed E-state index contributed by atoms with van der Waals surface area (Å²) >= 11 is 0. The van der Waals surface area contributed by atoms with Crippen molar-refractivity contribution in [3.8, 4) is 23.0 Å². The summed E-state index contributed by atoms with van der Waals surface area (Å²) in [6, 6.07) is 5.88. The van der Waals surface area contributed by atoms with E-state index in [4.69, 9.17) is 13.9 Å². The monoisotopic (exact) mass is 288 g/mol. The summed E-state index contributed by atoms with van der Waals surface area (Å²) in [5.41, 5.74) is -0.300. The molecule has 6 nitrogen and oxygen atoms in total. The molecule has 0 aliphatic carbocycles. The van der Waals surface area contributed by atoms with Gasteiger partial charge in [-0.3, -0.25) is 4.79 Å². The largest absolute Gasteiger partial charge is 0.504 e. The van der Waals surface area contributed by atoms with Gasteiger partial charge in [-0.1, -0.05) is 6.07 Å². The third kappa shape index (κ3) is 1.76. The van der Waals surface area contributed by atoms with Gasteiger partial charge in [0.15, 0.2) is 22.8 Å². The minimum atomic E-state index is -0.458. The number of para-hydroxylation sites is 1. The van der Waals surface area contributed by atoms with E-state index >= 15 is 0 Å². The van der Waals surface area contributed by atoms with E-state index in [1.54, 1.807) is 0 Å². The summed E-state index contributed by atoms with van der Waals surface area (Å²) < 4.78 is 15.7. The third-order valence-corrected chi connectivity index (χ3v) is 3.29. The molecule has 0 radical (unpaired) electrons. The minimum absolute atomic E-state index is 0.0225. The van der Waals surface area contributed by atoms with Crippen LogP contribution in [0.4, 0.5) is 0 Å². The molecule has 3 rings (SSSR count). The van der Waals surface area contributed by atoms with Gasteiger partial charge < -0.3 is 24.1 Å². The summed E-state index contributed by atoms with van der Waals surface area (Å²) in [6.45, 7) is 0. The Morgan fingerprint density at radius 1 is 1.14 bits per heavy atom. The molecule has 2 aromatic carbocycles. The second kappa shape index (κ2) is 4.59. The molecule has 21 heavy (non-hydrogen) atoms. The normalized spacial score (nSPS) is 11.0. The van der Waals surface area contributed by atoms with E-state index in [2.05, 4.69) is 0 Å². The van der Waals surface area contributed by atoms with E-state index in [-0.39, 0.29) is 44.9 Å². The first-order valence-electron chi connectivity index (χ1n) is 6.11. The van der Waals surface area contributed by atoms with E-state index in [0.717, 1.165) is 0 Å². The molecular formula is C15H12O6. The Kier molecular flexibility index (Phi) is 2.86. The molecule has 0 saturated heterocycles. The van der Waals surface area contributed by atoms with Crippen molar-refractivity contribution in [1.29, 1.82) is 0 Å². The van der Waals surface area contributed by atoms with Crippen molar-refractivity contribution in [2.24, 2.45) is 0 Å². The SMILES string of the molecule is COc1cc2oc3c(O)cccc3c(=O)c2c(O)c1OC. The Labute approximate surface area is 118 Å². The van der Waals surface area contributed by atoms with Gasteiger partial charge in [-0.15, -0.1) is 0 Å². The minimum Gasteiger partial charge on any atom is -0.504 e. The predicted octanol–water partition coefficient (Wildman–Crippen LogP) is 2.37. The quantitative estimate of drug-likeness (QED) is 0.704. The van der Waals surface area contributed by atoms with Crippen LogP contribution in [-0.2, 0) is 0 Å². The van der Waals surface area contributed by atoms with Crippen LogP contribution in [0.15, 0.2) is 33.5 Å². The Hall–Kier alpha value is -2.89. The number of rotatable bonds is 2.